The van der Waals surface area contributed by atoms with Crippen molar-refractivity contribution in [2.24, 2.45) is 5.92 Å². The van der Waals surface area contributed by atoms with E-state index in [-0.39, 0.29) is 0 Å². The highest BCUT2D eigenvalue weighted by Gasteiger charge is 2.25. The molecule has 0 aromatic carbocycles. The highest BCUT2D eigenvalue weighted by atomic mass is 19.1. The zero-order chi connectivity index (χ0) is 10.9. The standard InChI is InChI=1S/C11H17FN2O/c1-11(2,12)9-7-14-10(15-9)5-8-3-4-13-6-8/h7-8,13H,3-6H2,1-2H3. The lowest BCUT2D eigenvalue weighted by Gasteiger charge is -2.09. The van der Waals surface area contributed by atoms with Gasteiger partial charge in [0.05, 0.1) is 6.20 Å². The number of oxazole rings is 1. The van der Waals surface area contributed by atoms with Gasteiger partial charge in [-0.3, -0.25) is 0 Å². The highest BCUT2D eigenvalue weighted by Crippen LogP contribution is 2.26. The molecule has 0 radical (unpaired) electrons. The van der Waals surface area contributed by atoms with Crippen molar-refractivity contribution < 1.29 is 8.81 Å². The van der Waals surface area contributed by atoms with Crippen LogP contribution in [0, 0.1) is 5.92 Å². The minimum atomic E-state index is -1.43. The van der Waals surface area contributed by atoms with E-state index in [4.69, 9.17) is 4.42 Å². The van der Waals surface area contributed by atoms with Crippen molar-refractivity contribution in [2.75, 3.05) is 13.1 Å². The molecule has 0 spiro atoms. The molecule has 1 aliphatic rings. The second-order valence-corrected chi connectivity index (χ2v) is 4.65. The average molecular weight is 212 g/mol. The summed E-state index contributed by atoms with van der Waals surface area (Å²) in [5.74, 6) is 1.56. The highest BCUT2D eigenvalue weighted by molar-refractivity contribution is 5.03. The van der Waals surface area contributed by atoms with Crippen molar-refractivity contribution in [1.82, 2.24) is 10.3 Å². The van der Waals surface area contributed by atoms with Crippen LogP contribution in [0.15, 0.2) is 10.6 Å². The van der Waals surface area contributed by atoms with E-state index >= 15 is 0 Å². The maximum absolute atomic E-state index is 13.5. The molecule has 4 heteroatoms. The van der Waals surface area contributed by atoms with Gasteiger partial charge in [0, 0.05) is 6.42 Å². The Balaban J connectivity index is 2.00. The fourth-order valence-electron chi connectivity index (χ4n) is 1.82. The van der Waals surface area contributed by atoms with E-state index in [2.05, 4.69) is 10.3 Å². The topological polar surface area (TPSA) is 38.1 Å². The molecule has 0 aliphatic carbocycles. The summed E-state index contributed by atoms with van der Waals surface area (Å²) in [6.07, 6.45) is 3.46. The molecule has 15 heavy (non-hydrogen) atoms. The maximum atomic E-state index is 13.5. The SMILES string of the molecule is CC(C)(F)c1cnc(CC2CCNC2)o1. The second-order valence-electron chi connectivity index (χ2n) is 4.65. The first-order chi connectivity index (χ1) is 7.05. The minimum absolute atomic E-state index is 0.323. The molecule has 1 aromatic rings. The van der Waals surface area contributed by atoms with E-state index in [1.165, 1.54) is 20.0 Å². The summed E-state index contributed by atoms with van der Waals surface area (Å²) in [6, 6.07) is 0. The molecule has 1 aromatic heterocycles. The first-order valence-electron chi connectivity index (χ1n) is 5.40. The van der Waals surface area contributed by atoms with Gasteiger partial charge in [-0.05, 0) is 39.3 Å². The van der Waals surface area contributed by atoms with Crippen LogP contribution < -0.4 is 5.32 Å². The predicted molar refractivity (Wildman–Crippen MR) is 55.3 cm³/mol. The van der Waals surface area contributed by atoms with Crippen molar-refractivity contribution >= 4 is 0 Å². The fraction of sp³-hybridized carbons (Fsp3) is 0.727. The Kier molecular flexibility index (Phi) is 2.78. The van der Waals surface area contributed by atoms with Gasteiger partial charge >= 0.3 is 0 Å². The summed E-state index contributed by atoms with van der Waals surface area (Å²) in [5, 5.41) is 3.29. The van der Waals surface area contributed by atoms with E-state index < -0.39 is 5.67 Å². The average Bonchev–Trinajstić information content (AvgIpc) is 2.73. The van der Waals surface area contributed by atoms with E-state index in [0.717, 1.165) is 25.9 Å². The fourth-order valence-corrected chi connectivity index (χ4v) is 1.82. The summed E-state index contributed by atoms with van der Waals surface area (Å²) in [4.78, 5) is 4.11. The van der Waals surface area contributed by atoms with Gasteiger partial charge in [-0.2, -0.15) is 0 Å². The van der Waals surface area contributed by atoms with E-state index in [0.29, 0.717) is 17.6 Å². The molecule has 1 N–H and O–H groups in total. The Morgan fingerprint density at radius 3 is 3.00 bits per heavy atom. The molecule has 1 aliphatic heterocycles. The number of alkyl halides is 1. The van der Waals surface area contributed by atoms with Crippen molar-refractivity contribution in [1.29, 1.82) is 0 Å². The minimum Gasteiger partial charge on any atom is -0.442 e. The van der Waals surface area contributed by atoms with Crippen LogP contribution in [-0.4, -0.2) is 18.1 Å². The Morgan fingerprint density at radius 2 is 2.47 bits per heavy atom. The van der Waals surface area contributed by atoms with Crippen LogP contribution in [0.5, 0.6) is 0 Å². The summed E-state index contributed by atoms with van der Waals surface area (Å²) in [6.45, 7) is 5.03. The number of rotatable bonds is 3. The molecule has 0 bridgehead atoms. The van der Waals surface area contributed by atoms with Gasteiger partial charge < -0.3 is 9.73 Å². The van der Waals surface area contributed by atoms with Crippen LogP contribution in [0.25, 0.3) is 0 Å². The van der Waals surface area contributed by atoms with Gasteiger partial charge in [0.25, 0.3) is 0 Å². The third-order valence-electron chi connectivity index (χ3n) is 2.77. The molecule has 2 rings (SSSR count). The van der Waals surface area contributed by atoms with Crippen molar-refractivity contribution in [3.63, 3.8) is 0 Å². The van der Waals surface area contributed by atoms with Crippen molar-refractivity contribution in [3.8, 4) is 0 Å². The molecule has 1 atom stereocenters. The van der Waals surface area contributed by atoms with Crippen LogP contribution >= 0.6 is 0 Å². The Hall–Kier alpha value is -0.900. The quantitative estimate of drug-likeness (QED) is 0.833. The van der Waals surface area contributed by atoms with Crippen molar-refractivity contribution in [3.05, 3.63) is 17.8 Å². The summed E-state index contributed by atoms with van der Waals surface area (Å²) < 4.78 is 18.9. The van der Waals surface area contributed by atoms with Crippen LogP contribution in [0.1, 0.15) is 31.9 Å². The number of nitrogens with one attached hydrogen (secondary N) is 1. The summed E-state index contributed by atoms with van der Waals surface area (Å²) >= 11 is 0. The number of hydrogen-bond acceptors (Lipinski definition) is 3. The second kappa shape index (κ2) is 3.93. The Bertz CT molecular complexity index is 324. The van der Waals surface area contributed by atoms with Crippen LogP contribution in [-0.2, 0) is 12.1 Å². The maximum Gasteiger partial charge on any atom is 0.194 e. The molecule has 2 heterocycles. The smallest absolute Gasteiger partial charge is 0.194 e. The Labute approximate surface area is 89.1 Å². The molecule has 3 nitrogen and oxygen atoms in total. The zero-order valence-electron chi connectivity index (χ0n) is 9.22. The lowest BCUT2D eigenvalue weighted by atomic mass is 10.1. The van der Waals surface area contributed by atoms with Crippen LogP contribution in [0.2, 0.25) is 0 Å². The van der Waals surface area contributed by atoms with Crippen LogP contribution in [0.3, 0.4) is 0 Å². The summed E-state index contributed by atoms with van der Waals surface area (Å²) in [5.41, 5.74) is -1.43. The van der Waals surface area contributed by atoms with Gasteiger partial charge in [0.2, 0.25) is 0 Å². The molecule has 1 saturated heterocycles. The number of aromatic nitrogens is 1. The predicted octanol–water partition coefficient (Wildman–Crippen LogP) is 2.03. The summed E-state index contributed by atoms with van der Waals surface area (Å²) in [7, 11) is 0. The van der Waals surface area contributed by atoms with Crippen molar-refractivity contribution in [2.45, 2.75) is 32.4 Å². The van der Waals surface area contributed by atoms with Gasteiger partial charge in [0.15, 0.2) is 17.3 Å². The lowest BCUT2D eigenvalue weighted by molar-refractivity contribution is 0.174. The first kappa shape index (κ1) is 10.6. The number of nitrogens with zero attached hydrogens (tertiary/aromatic N) is 1. The van der Waals surface area contributed by atoms with Gasteiger partial charge in [-0.15, -0.1) is 0 Å². The van der Waals surface area contributed by atoms with Gasteiger partial charge in [-0.1, -0.05) is 0 Å². The normalized spacial score (nSPS) is 22.2. The molecule has 1 fully saturated rings. The number of halogens is 1. The monoisotopic (exact) mass is 212 g/mol. The molecular formula is C11H17FN2O. The molecule has 0 saturated carbocycles. The largest absolute Gasteiger partial charge is 0.442 e. The molecular weight excluding hydrogens is 195 g/mol. The molecule has 84 valence electrons. The van der Waals surface area contributed by atoms with Gasteiger partial charge in [0.1, 0.15) is 0 Å². The first-order valence-corrected chi connectivity index (χ1v) is 5.40. The molecule has 1 unspecified atom stereocenters. The lowest BCUT2D eigenvalue weighted by Crippen LogP contribution is -2.11. The van der Waals surface area contributed by atoms with Crippen LogP contribution in [0.4, 0.5) is 4.39 Å². The number of hydrogen-bond donors (Lipinski definition) is 1. The van der Waals surface area contributed by atoms with E-state index in [1.807, 2.05) is 0 Å². The molecule has 0 amide bonds. The van der Waals surface area contributed by atoms with Gasteiger partial charge in [-0.25, -0.2) is 9.37 Å². The zero-order valence-corrected chi connectivity index (χ0v) is 9.22. The third-order valence-corrected chi connectivity index (χ3v) is 2.77. The Morgan fingerprint density at radius 1 is 1.67 bits per heavy atom. The van der Waals surface area contributed by atoms with E-state index in [9.17, 15) is 4.39 Å². The third kappa shape index (κ3) is 2.56. The van der Waals surface area contributed by atoms with E-state index in [1.54, 1.807) is 0 Å².